The molecule has 2 aromatic carbocycles. The molecule has 5 heteroatoms. The van der Waals surface area contributed by atoms with Crippen molar-refractivity contribution in [2.45, 2.75) is 26.8 Å². The van der Waals surface area contributed by atoms with Gasteiger partial charge in [-0.2, -0.15) is 4.98 Å². The molecular weight excluding hydrogens is 324 g/mol. The highest BCUT2D eigenvalue weighted by molar-refractivity contribution is 5.94. The van der Waals surface area contributed by atoms with Crippen LogP contribution in [0.1, 0.15) is 41.5 Å². The molecule has 0 saturated carbocycles. The number of ketones is 1. The number of Topliss-reactive ketones (excluding diaryl/α,β-unsaturated/α-hetero) is 1. The van der Waals surface area contributed by atoms with Gasteiger partial charge in [-0.05, 0) is 50.6 Å². The molecule has 0 aliphatic carbocycles. The van der Waals surface area contributed by atoms with Gasteiger partial charge in [0.05, 0.1) is 0 Å². The Hall–Kier alpha value is -3.21. The van der Waals surface area contributed by atoms with Gasteiger partial charge in [-0.15, -0.1) is 0 Å². The van der Waals surface area contributed by atoms with Gasteiger partial charge in [0.25, 0.3) is 0 Å². The number of hydrogen-bond donors (Lipinski definition) is 2. The lowest BCUT2D eigenvalue weighted by atomic mass is 10.1. The zero-order valence-corrected chi connectivity index (χ0v) is 15.2. The number of aromatic nitrogens is 2. The van der Waals surface area contributed by atoms with Gasteiger partial charge >= 0.3 is 0 Å². The summed E-state index contributed by atoms with van der Waals surface area (Å²) in [6.07, 6.45) is 0. The normalized spacial score (nSPS) is 11.7. The predicted molar refractivity (Wildman–Crippen MR) is 105 cm³/mol. The van der Waals surface area contributed by atoms with Crippen molar-refractivity contribution >= 4 is 23.2 Å². The monoisotopic (exact) mass is 346 g/mol. The van der Waals surface area contributed by atoms with Gasteiger partial charge in [0.15, 0.2) is 5.78 Å². The van der Waals surface area contributed by atoms with Crippen LogP contribution in [0.15, 0.2) is 60.7 Å². The number of nitrogens with one attached hydrogen (secondary N) is 2. The maximum Gasteiger partial charge on any atom is 0.229 e. The van der Waals surface area contributed by atoms with Crippen LogP contribution in [0.3, 0.4) is 0 Å². The molecule has 26 heavy (non-hydrogen) atoms. The highest BCUT2D eigenvalue weighted by Crippen LogP contribution is 2.21. The highest BCUT2D eigenvalue weighted by atomic mass is 16.1. The van der Waals surface area contributed by atoms with Gasteiger partial charge in [0.1, 0.15) is 5.82 Å². The third-order valence-corrected chi connectivity index (χ3v) is 4.07. The maximum absolute atomic E-state index is 11.4. The average Bonchev–Trinajstić information content (AvgIpc) is 2.62. The van der Waals surface area contributed by atoms with Crippen molar-refractivity contribution in [3.63, 3.8) is 0 Å². The van der Waals surface area contributed by atoms with Crippen LogP contribution in [-0.4, -0.2) is 15.8 Å². The summed E-state index contributed by atoms with van der Waals surface area (Å²) in [5, 5.41) is 6.60. The van der Waals surface area contributed by atoms with Gasteiger partial charge in [-0.1, -0.05) is 30.3 Å². The first-order valence-electron chi connectivity index (χ1n) is 8.56. The van der Waals surface area contributed by atoms with Gasteiger partial charge in [-0.25, -0.2) is 4.98 Å². The molecule has 0 bridgehead atoms. The third kappa shape index (κ3) is 4.45. The highest BCUT2D eigenvalue weighted by Gasteiger charge is 2.08. The van der Waals surface area contributed by atoms with E-state index in [2.05, 4.69) is 39.7 Å². The van der Waals surface area contributed by atoms with E-state index in [0.717, 1.165) is 17.2 Å². The quantitative estimate of drug-likeness (QED) is 0.621. The summed E-state index contributed by atoms with van der Waals surface area (Å²) < 4.78 is 0. The van der Waals surface area contributed by atoms with E-state index < -0.39 is 0 Å². The van der Waals surface area contributed by atoms with Crippen LogP contribution in [0.4, 0.5) is 17.5 Å². The number of carbonyl (C=O) groups excluding carboxylic acids is 1. The second kappa shape index (κ2) is 7.78. The standard InChI is InChI=1S/C21H22N4O/c1-14-13-20(23-15(2)17-7-5-4-6-8-17)25-21(22-14)24-19-11-9-18(10-12-19)16(3)26/h4-13,15H,1-3H3,(H2,22,23,24,25). The number of benzene rings is 2. The molecule has 3 aromatic rings. The van der Waals surface area contributed by atoms with Gasteiger partial charge in [0, 0.05) is 29.1 Å². The van der Waals surface area contributed by atoms with Crippen LogP contribution in [0.25, 0.3) is 0 Å². The molecule has 1 unspecified atom stereocenters. The van der Waals surface area contributed by atoms with Crippen molar-refractivity contribution in [3.8, 4) is 0 Å². The number of nitrogens with zero attached hydrogens (tertiary/aromatic N) is 2. The Balaban J connectivity index is 1.76. The van der Waals surface area contributed by atoms with Crippen molar-refractivity contribution in [3.05, 3.63) is 77.5 Å². The second-order valence-electron chi connectivity index (χ2n) is 6.25. The number of aryl methyl sites for hydroxylation is 1. The van der Waals surface area contributed by atoms with Gasteiger partial charge in [0.2, 0.25) is 5.95 Å². The molecule has 132 valence electrons. The number of hydrogen-bond acceptors (Lipinski definition) is 5. The maximum atomic E-state index is 11.4. The number of rotatable bonds is 6. The number of anilines is 3. The molecule has 3 rings (SSSR count). The lowest BCUT2D eigenvalue weighted by Gasteiger charge is -2.16. The molecule has 0 aliphatic rings. The Bertz CT molecular complexity index is 892. The van der Waals surface area contributed by atoms with Gasteiger partial charge < -0.3 is 10.6 Å². The lowest BCUT2D eigenvalue weighted by molar-refractivity contribution is 0.101. The largest absolute Gasteiger partial charge is 0.363 e. The fraction of sp³-hybridized carbons (Fsp3) is 0.190. The van der Waals surface area contributed by atoms with Crippen LogP contribution < -0.4 is 10.6 Å². The predicted octanol–water partition coefficient (Wildman–Crippen LogP) is 4.90. The Morgan fingerprint density at radius 2 is 1.69 bits per heavy atom. The molecule has 1 aromatic heterocycles. The van der Waals surface area contributed by atoms with Crippen molar-refractivity contribution in [2.75, 3.05) is 10.6 Å². The van der Waals surface area contributed by atoms with Crippen molar-refractivity contribution in [1.82, 2.24) is 9.97 Å². The van der Waals surface area contributed by atoms with Gasteiger partial charge in [-0.3, -0.25) is 4.79 Å². The minimum atomic E-state index is 0.0461. The number of carbonyl (C=O) groups is 1. The van der Waals surface area contributed by atoms with Crippen LogP contribution in [-0.2, 0) is 0 Å². The smallest absolute Gasteiger partial charge is 0.229 e. The fourth-order valence-corrected chi connectivity index (χ4v) is 2.66. The van der Waals surface area contributed by atoms with Crippen molar-refractivity contribution < 1.29 is 4.79 Å². The molecule has 0 saturated heterocycles. The molecular formula is C21H22N4O. The molecule has 0 aliphatic heterocycles. The summed E-state index contributed by atoms with van der Waals surface area (Å²) >= 11 is 0. The van der Waals surface area contributed by atoms with E-state index >= 15 is 0 Å². The Morgan fingerprint density at radius 3 is 2.35 bits per heavy atom. The molecule has 5 nitrogen and oxygen atoms in total. The molecule has 0 amide bonds. The molecule has 0 radical (unpaired) electrons. The Morgan fingerprint density at radius 1 is 1.00 bits per heavy atom. The van der Waals surface area contributed by atoms with Crippen molar-refractivity contribution in [2.24, 2.45) is 0 Å². The van der Waals surface area contributed by atoms with E-state index in [0.29, 0.717) is 11.5 Å². The first kappa shape index (κ1) is 17.6. The minimum absolute atomic E-state index is 0.0461. The summed E-state index contributed by atoms with van der Waals surface area (Å²) in [6, 6.07) is 19.6. The molecule has 1 atom stereocenters. The third-order valence-electron chi connectivity index (χ3n) is 4.07. The van der Waals surface area contributed by atoms with Crippen LogP contribution >= 0.6 is 0 Å². The average molecular weight is 346 g/mol. The van der Waals surface area contributed by atoms with E-state index in [1.165, 1.54) is 5.56 Å². The molecule has 2 N–H and O–H groups in total. The summed E-state index contributed by atoms with van der Waals surface area (Å²) in [4.78, 5) is 20.4. The van der Waals surface area contributed by atoms with E-state index in [-0.39, 0.29) is 11.8 Å². The Kier molecular flexibility index (Phi) is 5.27. The molecule has 0 spiro atoms. The van der Waals surface area contributed by atoms with Crippen LogP contribution in [0.5, 0.6) is 0 Å². The van der Waals surface area contributed by atoms with E-state index in [4.69, 9.17) is 0 Å². The molecule has 1 heterocycles. The zero-order chi connectivity index (χ0) is 18.5. The Labute approximate surface area is 153 Å². The fourth-order valence-electron chi connectivity index (χ4n) is 2.66. The lowest BCUT2D eigenvalue weighted by Crippen LogP contribution is -2.09. The second-order valence-corrected chi connectivity index (χ2v) is 6.25. The van der Waals surface area contributed by atoms with Crippen LogP contribution in [0, 0.1) is 6.92 Å². The first-order valence-corrected chi connectivity index (χ1v) is 8.56. The zero-order valence-electron chi connectivity index (χ0n) is 15.2. The topological polar surface area (TPSA) is 66.9 Å². The summed E-state index contributed by atoms with van der Waals surface area (Å²) in [7, 11) is 0. The molecule has 0 fully saturated rings. The first-order chi connectivity index (χ1) is 12.5. The summed E-state index contributed by atoms with van der Waals surface area (Å²) in [6.45, 7) is 5.59. The van der Waals surface area contributed by atoms with Crippen LogP contribution in [0.2, 0.25) is 0 Å². The summed E-state index contributed by atoms with van der Waals surface area (Å²) in [5.74, 6) is 1.32. The van der Waals surface area contributed by atoms with E-state index in [9.17, 15) is 4.79 Å². The van der Waals surface area contributed by atoms with Crippen molar-refractivity contribution in [1.29, 1.82) is 0 Å². The minimum Gasteiger partial charge on any atom is -0.363 e. The van der Waals surface area contributed by atoms with E-state index in [1.54, 1.807) is 19.1 Å². The van der Waals surface area contributed by atoms with E-state index in [1.807, 2.05) is 43.3 Å². The summed E-state index contributed by atoms with van der Waals surface area (Å²) in [5.41, 5.74) is 3.58. The SMILES string of the molecule is CC(=O)c1ccc(Nc2nc(C)cc(NC(C)c3ccccc3)n2)cc1.